The molecule has 0 saturated heterocycles. The highest BCUT2D eigenvalue weighted by atomic mass is 79.9. The molecule has 0 unspecified atom stereocenters. The van der Waals surface area contributed by atoms with E-state index in [1.54, 1.807) is 6.07 Å². The van der Waals surface area contributed by atoms with E-state index in [9.17, 15) is 9.59 Å². The molecule has 0 radical (unpaired) electrons. The minimum atomic E-state index is -0.481. The Bertz CT molecular complexity index is 628. The molecule has 4 nitrogen and oxygen atoms in total. The molecule has 5 heteroatoms. The number of benzene rings is 1. The molecule has 0 aliphatic rings. The number of hydrogen-bond acceptors (Lipinski definition) is 3. The number of nitrogens with one attached hydrogen (secondary N) is 1. The lowest BCUT2D eigenvalue weighted by Crippen LogP contribution is -2.13. The Balaban J connectivity index is 2.24. The van der Waals surface area contributed by atoms with Crippen LogP contribution in [0.15, 0.2) is 50.3 Å². The van der Waals surface area contributed by atoms with Crippen molar-refractivity contribution in [2.24, 2.45) is 0 Å². The minimum absolute atomic E-state index is 0.300. The number of hydrogen-bond donors (Lipinski definition) is 1. The van der Waals surface area contributed by atoms with Crippen molar-refractivity contribution in [3.63, 3.8) is 0 Å². The van der Waals surface area contributed by atoms with Gasteiger partial charge in [-0.25, -0.2) is 4.79 Å². The average Bonchev–Trinajstić information content (AvgIpc) is 2.36. The standard InChI is InChI=1S/C13H10BrNO3/c1-8-10(14)3-2-4-11(8)15-13(17)9-5-6-12(16)18-7-9/h2-7H,1H3,(H,15,17). The van der Waals surface area contributed by atoms with Crippen molar-refractivity contribution in [3.8, 4) is 0 Å². The maximum absolute atomic E-state index is 11.9. The molecule has 2 aromatic rings. The van der Waals surface area contributed by atoms with Crippen molar-refractivity contribution in [1.29, 1.82) is 0 Å². The molecule has 1 amide bonds. The van der Waals surface area contributed by atoms with Gasteiger partial charge in [-0.15, -0.1) is 0 Å². The molecular formula is C13H10BrNO3. The minimum Gasteiger partial charge on any atom is -0.430 e. The van der Waals surface area contributed by atoms with Gasteiger partial charge in [0, 0.05) is 16.2 Å². The van der Waals surface area contributed by atoms with Crippen LogP contribution in [-0.2, 0) is 0 Å². The first-order valence-corrected chi connectivity index (χ1v) is 6.02. The van der Waals surface area contributed by atoms with Crippen molar-refractivity contribution in [3.05, 3.63) is 62.6 Å². The van der Waals surface area contributed by atoms with E-state index in [0.29, 0.717) is 11.3 Å². The summed E-state index contributed by atoms with van der Waals surface area (Å²) in [4.78, 5) is 22.7. The number of amides is 1. The second-order valence-electron chi connectivity index (χ2n) is 3.71. The second kappa shape index (κ2) is 5.18. The molecule has 1 aromatic heterocycles. The van der Waals surface area contributed by atoms with Crippen LogP contribution in [0.2, 0.25) is 0 Å². The Kier molecular flexibility index (Phi) is 3.62. The summed E-state index contributed by atoms with van der Waals surface area (Å²) in [5.74, 6) is -0.319. The number of rotatable bonds is 2. The Labute approximate surface area is 112 Å². The lowest BCUT2D eigenvalue weighted by molar-refractivity contribution is 0.102. The fraction of sp³-hybridized carbons (Fsp3) is 0.0769. The fourth-order valence-electron chi connectivity index (χ4n) is 1.42. The first-order chi connectivity index (χ1) is 8.58. The van der Waals surface area contributed by atoms with Crippen molar-refractivity contribution in [2.45, 2.75) is 6.92 Å². The smallest absolute Gasteiger partial charge is 0.335 e. The molecule has 92 valence electrons. The molecular weight excluding hydrogens is 298 g/mol. The van der Waals surface area contributed by atoms with Crippen LogP contribution in [0.5, 0.6) is 0 Å². The summed E-state index contributed by atoms with van der Waals surface area (Å²) in [6, 6.07) is 8.17. The summed E-state index contributed by atoms with van der Waals surface area (Å²) in [6.07, 6.45) is 1.14. The van der Waals surface area contributed by atoms with Crippen LogP contribution < -0.4 is 10.9 Å². The molecule has 0 bridgehead atoms. The highest BCUT2D eigenvalue weighted by Gasteiger charge is 2.09. The molecule has 2 rings (SSSR count). The van der Waals surface area contributed by atoms with E-state index >= 15 is 0 Å². The normalized spacial score (nSPS) is 10.1. The number of anilines is 1. The number of carbonyl (C=O) groups is 1. The Morgan fingerprint density at radius 2 is 2.06 bits per heavy atom. The zero-order valence-electron chi connectivity index (χ0n) is 9.57. The van der Waals surface area contributed by atoms with Crippen molar-refractivity contribution >= 4 is 27.5 Å². The van der Waals surface area contributed by atoms with E-state index in [1.165, 1.54) is 12.1 Å². The van der Waals surface area contributed by atoms with Gasteiger partial charge in [-0.3, -0.25) is 4.79 Å². The first kappa shape index (κ1) is 12.6. The third kappa shape index (κ3) is 2.68. The molecule has 1 heterocycles. The fourth-order valence-corrected chi connectivity index (χ4v) is 1.79. The lowest BCUT2D eigenvalue weighted by atomic mass is 10.2. The van der Waals surface area contributed by atoms with Crippen molar-refractivity contribution < 1.29 is 9.21 Å². The van der Waals surface area contributed by atoms with Crippen LogP contribution in [0.3, 0.4) is 0 Å². The second-order valence-corrected chi connectivity index (χ2v) is 4.56. The number of halogens is 1. The van der Waals surface area contributed by atoms with Gasteiger partial charge in [-0.05, 0) is 30.7 Å². The van der Waals surface area contributed by atoms with Gasteiger partial charge in [0.05, 0.1) is 5.56 Å². The molecule has 0 saturated carbocycles. The third-order valence-electron chi connectivity index (χ3n) is 2.48. The van der Waals surface area contributed by atoms with E-state index in [4.69, 9.17) is 0 Å². The molecule has 0 aliphatic carbocycles. The van der Waals surface area contributed by atoms with Crippen LogP contribution in [-0.4, -0.2) is 5.91 Å². The molecule has 0 spiro atoms. The summed E-state index contributed by atoms with van der Waals surface area (Å²) in [6.45, 7) is 1.89. The van der Waals surface area contributed by atoms with Crippen LogP contribution in [0.25, 0.3) is 0 Å². The van der Waals surface area contributed by atoms with Gasteiger partial charge in [-0.2, -0.15) is 0 Å². The lowest BCUT2D eigenvalue weighted by Gasteiger charge is -2.09. The van der Waals surface area contributed by atoms with Crippen LogP contribution in [0.1, 0.15) is 15.9 Å². The molecule has 0 aliphatic heterocycles. The SMILES string of the molecule is Cc1c(Br)cccc1NC(=O)c1ccc(=O)oc1. The molecule has 1 N–H and O–H groups in total. The predicted octanol–water partition coefficient (Wildman–Crippen LogP) is 2.96. The molecule has 1 aromatic carbocycles. The maximum atomic E-state index is 11.9. The topological polar surface area (TPSA) is 59.3 Å². The van der Waals surface area contributed by atoms with Gasteiger partial charge >= 0.3 is 5.63 Å². The van der Waals surface area contributed by atoms with Crippen LogP contribution in [0, 0.1) is 6.92 Å². The summed E-state index contributed by atoms with van der Waals surface area (Å²) in [5.41, 5.74) is 1.46. The number of carbonyl (C=O) groups excluding carboxylic acids is 1. The zero-order chi connectivity index (χ0) is 13.1. The summed E-state index contributed by atoms with van der Waals surface area (Å²) >= 11 is 3.39. The quantitative estimate of drug-likeness (QED) is 0.928. The van der Waals surface area contributed by atoms with Gasteiger partial charge in [-0.1, -0.05) is 22.0 Å². The zero-order valence-corrected chi connectivity index (χ0v) is 11.2. The van der Waals surface area contributed by atoms with Crippen molar-refractivity contribution in [2.75, 3.05) is 5.32 Å². The summed E-state index contributed by atoms with van der Waals surface area (Å²) in [5, 5.41) is 2.76. The van der Waals surface area contributed by atoms with E-state index in [1.807, 2.05) is 19.1 Å². The highest BCUT2D eigenvalue weighted by Crippen LogP contribution is 2.23. The van der Waals surface area contributed by atoms with E-state index in [0.717, 1.165) is 16.3 Å². The molecule has 0 atom stereocenters. The monoisotopic (exact) mass is 307 g/mol. The Hall–Kier alpha value is -1.88. The van der Waals surface area contributed by atoms with Crippen LogP contribution >= 0.6 is 15.9 Å². The third-order valence-corrected chi connectivity index (χ3v) is 3.34. The van der Waals surface area contributed by atoms with Gasteiger partial charge in [0.2, 0.25) is 0 Å². The Morgan fingerprint density at radius 3 is 2.72 bits per heavy atom. The largest absolute Gasteiger partial charge is 0.430 e. The highest BCUT2D eigenvalue weighted by molar-refractivity contribution is 9.10. The van der Waals surface area contributed by atoms with Crippen molar-refractivity contribution in [1.82, 2.24) is 0 Å². The Morgan fingerprint density at radius 1 is 1.28 bits per heavy atom. The van der Waals surface area contributed by atoms with Gasteiger partial charge < -0.3 is 9.73 Å². The van der Waals surface area contributed by atoms with Gasteiger partial charge in [0.15, 0.2) is 0 Å². The first-order valence-electron chi connectivity index (χ1n) is 5.23. The summed E-state index contributed by atoms with van der Waals surface area (Å²) < 4.78 is 5.56. The summed E-state index contributed by atoms with van der Waals surface area (Å²) in [7, 11) is 0. The maximum Gasteiger partial charge on any atom is 0.335 e. The van der Waals surface area contributed by atoms with Gasteiger partial charge in [0.25, 0.3) is 5.91 Å². The van der Waals surface area contributed by atoms with Gasteiger partial charge in [0.1, 0.15) is 6.26 Å². The van der Waals surface area contributed by atoms with Crippen LogP contribution in [0.4, 0.5) is 5.69 Å². The molecule has 18 heavy (non-hydrogen) atoms. The van der Waals surface area contributed by atoms with E-state index < -0.39 is 5.63 Å². The van der Waals surface area contributed by atoms with E-state index in [2.05, 4.69) is 25.7 Å². The average molecular weight is 308 g/mol. The predicted molar refractivity (Wildman–Crippen MR) is 71.8 cm³/mol. The van der Waals surface area contributed by atoms with E-state index in [-0.39, 0.29) is 5.91 Å². The molecule has 0 fully saturated rings.